The summed E-state index contributed by atoms with van der Waals surface area (Å²) < 4.78 is 2.08. The maximum absolute atomic E-state index is 6.13. The summed E-state index contributed by atoms with van der Waals surface area (Å²) in [7, 11) is 0. The summed E-state index contributed by atoms with van der Waals surface area (Å²) in [6.07, 6.45) is 1.80. The molecule has 0 aliphatic heterocycles. The molecule has 2 N–H and O–H groups in total. The van der Waals surface area contributed by atoms with Gasteiger partial charge in [-0.25, -0.2) is 4.98 Å². The van der Waals surface area contributed by atoms with E-state index in [1.807, 2.05) is 31.2 Å². The van der Waals surface area contributed by atoms with Gasteiger partial charge in [0.1, 0.15) is 5.03 Å². The van der Waals surface area contributed by atoms with E-state index in [0.29, 0.717) is 0 Å². The van der Waals surface area contributed by atoms with Crippen LogP contribution in [0.5, 0.6) is 0 Å². The largest absolute Gasteiger partial charge is 0.327 e. The molecule has 2 rings (SSSR count). The van der Waals surface area contributed by atoms with Gasteiger partial charge in [0, 0.05) is 21.2 Å². The SMILES string of the molecule is CC(N)C(Sc1ncccc1Br)c1ccc(Br)cc1. The molecule has 0 saturated heterocycles. The fourth-order valence-electron chi connectivity index (χ4n) is 1.71. The van der Waals surface area contributed by atoms with Crippen LogP contribution in [0.3, 0.4) is 0 Å². The lowest BCUT2D eigenvalue weighted by Crippen LogP contribution is -2.22. The Bertz CT molecular complexity index is 543. The van der Waals surface area contributed by atoms with Crippen LogP contribution in [0.4, 0.5) is 0 Å². The van der Waals surface area contributed by atoms with Crippen molar-refractivity contribution in [3.05, 3.63) is 57.1 Å². The molecular formula is C14H14Br2N2S. The van der Waals surface area contributed by atoms with Gasteiger partial charge in [-0.05, 0) is 52.7 Å². The van der Waals surface area contributed by atoms with Crippen molar-refractivity contribution in [3.8, 4) is 0 Å². The van der Waals surface area contributed by atoms with Gasteiger partial charge in [-0.3, -0.25) is 0 Å². The molecule has 19 heavy (non-hydrogen) atoms. The summed E-state index contributed by atoms with van der Waals surface area (Å²) >= 11 is 8.66. The van der Waals surface area contributed by atoms with E-state index in [1.165, 1.54) is 5.56 Å². The second kappa shape index (κ2) is 6.88. The minimum absolute atomic E-state index is 0.0417. The number of thioether (sulfide) groups is 1. The van der Waals surface area contributed by atoms with E-state index in [9.17, 15) is 0 Å². The smallest absolute Gasteiger partial charge is 0.111 e. The van der Waals surface area contributed by atoms with Crippen LogP contribution in [0.1, 0.15) is 17.7 Å². The van der Waals surface area contributed by atoms with Gasteiger partial charge in [-0.1, -0.05) is 39.8 Å². The Kier molecular flexibility index (Phi) is 5.45. The van der Waals surface area contributed by atoms with Crippen LogP contribution < -0.4 is 5.73 Å². The molecule has 0 aliphatic rings. The molecule has 0 amide bonds. The third-order valence-corrected chi connectivity index (χ3v) is 5.57. The third kappa shape index (κ3) is 4.05. The molecule has 0 saturated carbocycles. The van der Waals surface area contributed by atoms with Gasteiger partial charge in [0.25, 0.3) is 0 Å². The second-order valence-corrected chi connectivity index (χ2v) is 7.14. The van der Waals surface area contributed by atoms with Gasteiger partial charge < -0.3 is 5.73 Å². The molecule has 0 bridgehead atoms. The number of rotatable bonds is 4. The summed E-state index contributed by atoms with van der Waals surface area (Å²) in [6.45, 7) is 2.02. The number of benzene rings is 1. The van der Waals surface area contributed by atoms with Crippen LogP contribution in [-0.2, 0) is 0 Å². The lowest BCUT2D eigenvalue weighted by Gasteiger charge is -2.21. The molecule has 1 aromatic carbocycles. The number of hydrogen-bond acceptors (Lipinski definition) is 3. The molecule has 2 aromatic rings. The summed E-state index contributed by atoms with van der Waals surface area (Å²) in [5, 5.41) is 1.15. The van der Waals surface area contributed by atoms with Crippen molar-refractivity contribution in [2.75, 3.05) is 0 Å². The molecular weight excluding hydrogens is 388 g/mol. The molecule has 2 nitrogen and oxygen atoms in total. The second-order valence-electron chi connectivity index (χ2n) is 4.24. The number of aromatic nitrogens is 1. The fourth-order valence-corrected chi connectivity index (χ4v) is 3.56. The quantitative estimate of drug-likeness (QED) is 0.748. The Balaban J connectivity index is 2.26. The van der Waals surface area contributed by atoms with Crippen LogP contribution in [0.2, 0.25) is 0 Å². The molecule has 0 radical (unpaired) electrons. The van der Waals surface area contributed by atoms with Gasteiger partial charge >= 0.3 is 0 Å². The monoisotopic (exact) mass is 400 g/mol. The number of hydrogen-bond donors (Lipinski definition) is 1. The van der Waals surface area contributed by atoms with Crippen molar-refractivity contribution in [1.29, 1.82) is 0 Å². The van der Waals surface area contributed by atoms with Gasteiger partial charge in [0.15, 0.2) is 0 Å². The van der Waals surface area contributed by atoms with E-state index in [4.69, 9.17) is 5.73 Å². The molecule has 0 aliphatic carbocycles. The zero-order valence-corrected chi connectivity index (χ0v) is 14.4. The number of nitrogens with zero attached hydrogens (tertiary/aromatic N) is 1. The van der Waals surface area contributed by atoms with Crippen LogP contribution >= 0.6 is 43.6 Å². The van der Waals surface area contributed by atoms with Crippen LogP contribution in [0, 0.1) is 0 Å². The van der Waals surface area contributed by atoms with E-state index in [-0.39, 0.29) is 11.3 Å². The van der Waals surface area contributed by atoms with E-state index < -0.39 is 0 Å². The standard InChI is InChI=1S/C14H14Br2N2S/c1-9(17)13(10-4-6-11(15)7-5-10)19-14-12(16)3-2-8-18-14/h2-9,13H,17H2,1H3. The van der Waals surface area contributed by atoms with Crippen molar-refractivity contribution in [2.24, 2.45) is 5.73 Å². The lowest BCUT2D eigenvalue weighted by atomic mass is 10.1. The van der Waals surface area contributed by atoms with Crippen molar-refractivity contribution < 1.29 is 0 Å². The highest BCUT2D eigenvalue weighted by molar-refractivity contribution is 9.10. The zero-order valence-electron chi connectivity index (χ0n) is 10.4. The van der Waals surface area contributed by atoms with E-state index in [2.05, 4.69) is 49.0 Å². The number of pyridine rings is 1. The first kappa shape index (κ1) is 15.0. The highest BCUT2D eigenvalue weighted by Crippen LogP contribution is 2.39. The van der Waals surface area contributed by atoms with Crippen molar-refractivity contribution in [3.63, 3.8) is 0 Å². The minimum atomic E-state index is 0.0417. The van der Waals surface area contributed by atoms with Crippen molar-refractivity contribution in [2.45, 2.75) is 23.2 Å². The summed E-state index contributed by atoms with van der Waals surface area (Å²) in [5.74, 6) is 0. The zero-order chi connectivity index (χ0) is 13.8. The van der Waals surface area contributed by atoms with Gasteiger partial charge in [0.2, 0.25) is 0 Å². The Labute approximate surface area is 134 Å². The molecule has 1 aromatic heterocycles. The molecule has 100 valence electrons. The summed E-state index contributed by atoms with van der Waals surface area (Å²) in [4.78, 5) is 4.39. The Morgan fingerprint density at radius 1 is 1.16 bits per heavy atom. The fraction of sp³-hybridized carbons (Fsp3) is 0.214. The highest BCUT2D eigenvalue weighted by Gasteiger charge is 2.19. The number of nitrogens with two attached hydrogens (primary N) is 1. The summed E-state index contributed by atoms with van der Waals surface area (Å²) in [5.41, 5.74) is 7.34. The Morgan fingerprint density at radius 2 is 1.84 bits per heavy atom. The Hall–Kier alpha value is -0.360. The molecule has 0 fully saturated rings. The van der Waals surface area contributed by atoms with E-state index in [1.54, 1.807) is 18.0 Å². The van der Waals surface area contributed by atoms with Gasteiger partial charge in [-0.15, -0.1) is 0 Å². The number of halogens is 2. The molecule has 0 spiro atoms. The van der Waals surface area contributed by atoms with Gasteiger partial charge in [-0.2, -0.15) is 0 Å². The van der Waals surface area contributed by atoms with Crippen molar-refractivity contribution >= 4 is 43.6 Å². The van der Waals surface area contributed by atoms with Crippen LogP contribution in [-0.4, -0.2) is 11.0 Å². The summed E-state index contributed by atoms with van der Waals surface area (Å²) in [6, 6.07) is 12.2. The first-order valence-electron chi connectivity index (χ1n) is 5.86. The average molecular weight is 402 g/mol. The predicted octanol–water partition coefficient (Wildman–Crippen LogP) is 4.79. The molecule has 1 heterocycles. The minimum Gasteiger partial charge on any atom is -0.327 e. The highest BCUT2D eigenvalue weighted by atomic mass is 79.9. The first-order valence-corrected chi connectivity index (χ1v) is 8.32. The normalized spacial score (nSPS) is 14.1. The molecule has 5 heteroatoms. The first-order chi connectivity index (χ1) is 9.08. The lowest BCUT2D eigenvalue weighted by molar-refractivity contribution is 0.720. The van der Waals surface area contributed by atoms with E-state index >= 15 is 0 Å². The predicted molar refractivity (Wildman–Crippen MR) is 88.3 cm³/mol. The topological polar surface area (TPSA) is 38.9 Å². The van der Waals surface area contributed by atoms with E-state index in [0.717, 1.165) is 14.0 Å². The Morgan fingerprint density at radius 3 is 2.42 bits per heavy atom. The third-order valence-electron chi connectivity index (χ3n) is 2.64. The maximum Gasteiger partial charge on any atom is 0.111 e. The van der Waals surface area contributed by atoms with Crippen LogP contribution in [0.25, 0.3) is 0 Å². The molecule has 2 atom stereocenters. The van der Waals surface area contributed by atoms with Crippen LogP contribution in [0.15, 0.2) is 56.6 Å². The average Bonchev–Trinajstić information content (AvgIpc) is 2.39. The molecule has 2 unspecified atom stereocenters. The van der Waals surface area contributed by atoms with Gasteiger partial charge in [0.05, 0.1) is 5.25 Å². The van der Waals surface area contributed by atoms with Crippen molar-refractivity contribution in [1.82, 2.24) is 4.98 Å². The maximum atomic E-state index is 6.13.